The van der Waals surface area contributed by atoms with Crippen LogP contribution in [-0.2, 0) is 0 Å². The van der Waals surface area contributed by atoms with E-state index in [0.717, 1.165) is 39.5 Å². The first-order valence-electron chi connectivity index (χ1n) is 10.0. The molecule has 2 aromatic carbocycles. The van der Waals surface area contributed by atoms with Gasteiger partial charge in [0.1, 0.15) is 23.9 Å². The largest absolute Gasteiger partial charge is 0.496 e. The van der Waals surface area contributed by atoms with Crippen LogP contribution in [0.25, 0.3) is 5.70 Å². The van der Waals surface area contributed by atoms with Crippen molar-refractivity contribution in [2.75, 3.05) is 12.4 Å². The Kier molecular flexibility index (Phi) is 3.99. The van der Waals surface area contributed by atoms with Crippen molar-refractivity contribution in [1.82, 2.24) is 19.7 Å². The highest BCUT2D eigenvalue weighted by atomic mass is 16.5. The number of pyridine rings is 1. The number of aromatic nitrogens is 4. The van der Waals surface area contributed by atoms with E-state index < -0.39 is 0 Å². The van der Waals surface area contributed by atoms with Gasteiger partial charge in [-0.15, -0.1) is 0 Å². The van der Waals surface area contributed by atoms with E-state index in [9.17, 15) is 0 Å². The number of hydrogen-bond acceptors (Lipinski definition) is 6. The summed E-state index contributed by atoms with van der Waals surface area (Å²) < 4.78 is 14.2. The lowest BCUT2D eigenvalue weighted by Gasteiger charge is -2.39. The minimum atomic E-state index is -0.379. The SMILES string of the molecule is COc1ccccc1[C@@H]1Oc2ccccc2C2=C1[C@H](c1cccnc1)n1ncnc1N2. The highest BCUT2D eigenvalue weighted by Crippen LogP contribution is 2.51. The van der Waals surface area contributed by atoms with Crippen molar-refractivity contribution in [3.63, 3.8) is 0 Å². The molecular weight excluding hydrogens is 390 g/mol. The van der Waals surface area contributed by atoms with E-state index in [0.29, 0.717) is 5.95 Å². The number of nitrogens with one attached hydrogen (secondary N) is 1. The van der Waals surface area contributed by atoms with Crippen molar-refractivity contribution in [2.24, 2.45) is 0 Å². The second-order valence-electron chi connectivity index (χ2n) is 7.41. The average Bonchev–Trinajstić information content (AvgIpc) is 3.31. The molecule has 2 aliphatic rings. The molecule has 2 aliphatic heterocycles. The number of nitrogens with zero attached hydrogens (tertiary/aromatic N) is 4. The first-order chi connectivity index (χ1) is 15.3. The van der Waals surface area contributed by atoms with Crippen LogP contribution >= 0.6 is 0 Å². The summed E-state index contributed by atoms with van der Waals surface area (Å²) in [6.45, 7) is 0. The summed E-state index contributed by atoms with van der Waals surface area (Å²) in [6, 6.07) is 19.7. The number of fused-ring (bicyclic) bond motifs is 3. The lowest BCUT2D eigenvalue weighted by atomic mass is 9.85. The van der Waals surface area contributed by atoms with E-state index in [4.69, 9.17) is 9.47 Å². The van der Waals surface area contributed by atoms with Crippen LogP contribution in [0.3, 0.4) is 0 Å². The topological polar surface area (TPSA) is 74.1 Å². The van der Waals surface area contributed by atoms with Crippen molar-refractivity contribution in [1.29, 1.82) is 0 Å². The summed E-state index contributed by atoms with van der Waals surface area (Å²) in [7, 11) is 1.68. The molecule has 0 saturated carbocycles. The molecule has 31 heavy (non-hydrogen) atoms. The summed E-state index contributed by atoms with van der Waals surface area (Å²) in [5.74, 6) is 2.26. The number of rotatable bonds is 3. The molecule has 2 atom stereocenters. The van der Waals surface area contributed by atoms with Crippen LogP contribution in [0.15, 0.2) is 85.0 Å². The highest BCUT2D eigenvalue weighted by Gasteiger charge is 2.41. The van der Waals surface area contributed by atoms with Gasteiger partial charge in [-0.25, -0.2) is 4.68 Å². The summed E-state index contributed by atoms with van der Waals surface area (Å²) in [4.78, 5) is 8.81. The van der Waals surface area contributed by atoms with Gasteiger partial charge in [-0.3, -0.25) is 4.98 Å². The molecule has 7 heteroatoms. The molecule has 0 fully saturated rings. The maximum atomic E-state index is 6.61. The fourth-order valence-electron chi connectivity index (χ4n) is 4.42. The Hall–Kier alpha value is -4.13. The van der Waals surface area contributed by atoms with Crippen LogP contribution in [0.5, 0.6) is 11.5 Å². The van der Waals surface area contributed by atoms with E-state index in [1.165, 1.54) is 0 Å². The summed E-state index contributed by atoms with van der Waals surface area (Å²) >= 11 is 0. The number of hydrogen-bond donors (Lipinski definition) is 1. The van der Waals surface area contributed by atoms with E-state index >= 15 is 0 Å². The minimum absolute atomic E-state index is 0.231. The first kappa shape index (κ1) is 17.7. The normalized spacial score (nSPS) is 18.9. The van der Waals surface area contributed by atoms with E-state index in [1.807, 2.05) is 59.4 Å². The van der Waals surface area contributed by atoms with Crippen LogP contribution in [-0.4, -0.2) is 26.9 Å². The standard InChI is InChI=1S/C24H19N5O2/c1-30-18-10-4-3-9-17(18)23-20-21(16-8-2-5-11-19(16)31-23)28-24-26-14-27-29(24)22(20)15-7-6-12-25-13-15/h2-14,22-23H,1H3,(H,26,27,28)/t22-,23-/m0/s1. The fraction of sp³-hybridized carbons (Fsp3) is 0.125. The molecule has 1 N–H and O–H groups in total. The molecule has 0 spiro atoms. The van der Waals surface area contributed by atoms with Gasteiger partial charge in [0, 0.05) is 29.1 Å². The summed E-state index contributed by atoms with van der Waals surface area (Å²) in [6.07, 6.45) is 4.82. The Labute approximate surface area is 179 Å². The molecule has 0 amide bonds. The zero-order valence-corrected chi connectivity index (χ0v) is 16.8. The average molecular weight is 409 g/mol. The van der Waals surface area contributed by atoms with Gasteiger partial charge in [0.25, 0.3) is 0 Å². The predicted molar refractivity (Wildman–Crippen MR) is 116 cm³/mol. The Morgan fingerprint density at radius 2 is 1.90 bits per heavy atom. The third kappa shape index (κ3) is 2.70. The number of benzene rings is 2. The zero-order chi connectivity index (χ0) is 20.8. The molecule has 7 nitrogen and oxygen atoms in total. The van der Waals surface area contributed by atoms with E-state index in [2.05, 4.69) is 32.5 Å². The minimum Gasteiger partial charge on any atom is -0.496 e. The lowest BCUT2D eigenvalue weighted by Crippen LogP contribution is -2.32. The Morgan fingerprint density at radius 1 is 1.03 bits per heavy atom. The van der Waals surface area contributed by atoms with Gasteiger partial charge < -0.3 is 14.8 Å². The van der Waals surface area contributed by atoms with Gasteiger partial charge >= 0.3 is 0 Å². The number of methoxy groups -OCH3 is 1. The summed E-state index contributed by atoms with van der Waals surface area (Å²) in [5.41, 5.74) is 4.96. The molecule has 152 valence electrons. The van der Waals surface area contributed by atoms with Crippen LogP contribution in [0.2, 0.25) is 0 Å². The zero-order valence-electron chi connectivity index (χ0n) is 16.8. The third-order valence-electron chi connectivity index (χ3n) is 5.74. The first-order valence-corrected chi connectivity index (χ1v) is 10.0. The predicted octanol–water partition coefficient (Wildman–Crippen LogP) is 4.24. The van der Waals surface area contributed by atoms with Crippen molar-refractivity contribution >= 4 is 11.6 Å². The molecule has 4 heterocycles. The Morgan fingerprint density at radius 3 is 2.77 bits per heavy atom. The van der Waals surface area contributed by atoms with Gasteiger partial charge in [0.05, 0.1) is 12.8 Å². The smallest absolute Gasteiger partial charge is 0.226 e. The van der Waals surface area contributed by atoms with Crippen LogP contribution < -0.4 is 14.8 Å². The lowest BCUT2D eigenvalue weighted by molar-refractivity contribution is 0.217. The Bertz CT molecular complexity index is 1300. The fourth-order valence-corrected chi connectivity index (χ4v) is 4.42. The maximum Gasteiger partial charge on any atom is 0.226 e. The van der Waals surface area contributed by atoms with Gasteiger partial charge in [0.2, 0.25) is 5.95 Å². The molecular formula is C24H19N5O2. The second kappa shape index (κ2) is 6.98. The molecule has 6 rings (SSSR count). The van der Waals surface area contributed by atoms with Gasteiger partial charge in [-0.05, 0) is 29.8 Å². The monoisotopic (exact) mass is 409 g/mol. The third-order valence-corrected chi connectivity index (χ3v) is 5.74. The number of para-hydroxylation sites is 2. The second-order valence-corrected chi connectivity index (χ2v) is 7.41. The van der Waals surface area contributed by atoms with E-state index in [1.54, 1.807) is 19.6 Å². The van der Waals surface area contributed by atoms with Crippen molar-refractivity contribution in [3.05, 3.63) is 102 Å². The maximum absolute atomic E-state index is 6.61. The molecule has 4 aromatic rings. The van der Waals surface area contributed by atoms with Gasteiger partial charge in [-0.1, -0.05) is 36.4 Å². The molecule has 0 radical (unpaired) electrons. The number of ether oxygens (including phenoxy) is 2. The van der Waals surface area contributed by atoms with Crippen molar-refractivity contribution in [3.8, 4) is 11.5 Å². The van der Waals surface area contributed by atoms with Crippen LogP contribution in [0, 0.1) is 0 Å². The van der Waals surface area contributed by atoms with Crippen LogP contribution in [0.4, 0.5) is 5.95 Å². The molecule has 0 saturated heterocycles. The molecule has 0 aliphatic carbocycles. The van der Waals surface area contributed by atoms with Crippen molar-refractivity contribution < 1.29 is 9.47 Å². The molecule has 0 bridgehead atoms. The highest BCUT2D eigenvalue weighted by molar-refractivity contribution is 5.85. The quantitative estimate of drug-likeness (QED) is 0.546. The van der Waals surface area contributed by atoms with Crippen molar-refractivity contribution in [2.45, 2.75) is 12.1 Å². The van der Waals surface area contributed by atoms with E-state index in [-0.39, 0.29) is 12.1 Å². The van der Waals surface area contributed by atoms with Crippen LogP contribution in [0.1, 0.15) is 28.8 Å². The molecule has 2 aromatic heterocycles. The molecule has 0 unspecified atom stereocenters. The number of anilines is 1. The van der Waals surface area contributed by atoms with Gasteiger partial charge in [0.15, 0.2) is 6.10 Å². The van der Waals surface area contributed by atoms with Gasteiger partial charge in [-0.2, -0.15) is 10.1 Å². The Balaban J connectivity index is 1.65. The summed E-state index contributed by atoms with van der Waals surface area (Å²) in [5, 5.41) is 8.03.